The summed E-state index contributed by atoms with van der Waals surface area (Å²) in [7, 11) is 1.58. The van der Waals surface area contributed by atoms with Gasteiger partial charge in [-0.2, -0.15) is 0 Å². The van der Waals surface area contributed by atoms with Crippen LogP contribution in [0.3, 0.4) is 0 Å². The van der Waals surface area contributed by atoms with Gasteiger partial charge in [0.2, 0.25) is 0 Å². The van der Waals surface area contributed by atoms with Gasteiger partial charge in [-0.3, -0.25) is 0 Å². The van der Waals surface area contributed by atoms with Crippen LogP contribution in [0.4, 0.5) is 4.79 Å². The van der Waals surface area contributed by atoms with Crippen molar-refractivity contribution in [3.8, 4) is 0 Å². The van der Waals surface area contributed by atoms with Crippen molar-refractivity contribution in [2.75, 3.05) is 20.2 Å². The molecule has 2 rings (SSSR count). The molecule has 0 spiro atoms. The first-order chi connectivity index (χ1) is 8.40. The van der Waals surface area contributed by atoms with E-state index >= 15 is 0 Å². The first kappa shape index (κ1) is 13.2. The fourth-order valence-electron chi connectivity index (χ4n) is 2.74. The molecule has 0 aromatic carbocycles. The maximum absolute atomic E-state index is 12.0. The van der Waals surface area contributed by atoms with Gasteiger partial charge in [0, 0.05) is 24.9 Å². The molecule has 2 atom stereocenters. The van der Waals surface area contributed by atoms with E-state index in [4.69, 9.17) is 9.57 Å². The first-order valence-corrected chi connectivity index (χ1v) is 6.49. The fraction of sp³-hybridized carbons (Fsp3) is 0.846. The van der Waals surface area contributed by atoms with E-state index in [1.54, 1.807) is 7.11 Å². The SMILES string of the molecule is CON=C1C2CCC1CN(C(=O)OC(C)(C)C)C2. The number of likely N-dealkylation sites (tertiary alicyclic amines) is 1. The van der Waals surface area contributed by atoms with E-state index in [0.717, 1.165) is 18.6 Å². The Hall–Kier alpha value is -1.26. The predicted molar refractivity (Wildman–Crippen MR) is 68.5 cm³/mol. The van der Waals surface area contributed by atoms with Gasteiger partial charge < -0.3 is 14.5 Å². The largest absolute Gasteiger partial charge is 0.444 e. The van der Waals surface area contributed by atoms with E-state index in [-0.39, 0.29) is 6.09 Å². The molecule has 1 aliphatic heterocycles. The second-order valence-corrected chi connectivity index (χ2v) is 6.06. The monoisotopic (exact) mass is 254 g/mol. The Balaban J connectivity index is 2.01. The maximum Gasteiger partial charge on any atom is 0.410 e. The number of hydrogen-bond acceptors (Lipinski definition) is 4. The molecule has 1 heterocycles. The highest BCUT2D eigenvalue weighted by Gasteiger charge is 2.42. The highest BCUT2D eigenvalue weighted by molar-refractivity contribution is 5.92. The van der Waals surface area contributed by atoms with Crippen LogP contribution in [-0.2, 0) is 9.57 Å². The molecule has 1 amide bonds. The lowest BCUT2D eigenvalue weighted by Gasteiger charge is -2.34. The number of amides is 1. The average molecular weight is 254 g/mol. The molecule has 5 nitrogen and oxygen atoms in total. The molecular formula is C13H22N2O3. The molecular weight excluding hydrogens is 232 g/mol. The van der Waals surface area contributed by atoms with Crippen LogP contribution in [0.25, 0.3) is 0 Å². The van der Waals surface area contributed by atoms with Gasteiger partial charge in [0.25, 0.3) is 0 Å². The van der Waals surface area contributed by atoms with E-state index < -0.39 is 5.60 Å². The molecule has 0 aromatic heterocycles. The number of nitrogens with zero attached hydrogens (tertiary/aromatic N) is 2. The molecule has 2 aliphatic rings. The van der Waals surface area contributed by atoms with Gasteiger partial charge >= 0.3 is 6.09 Å². The standard InChI is InChI=1S/C13H22N2O3/c1-13(2,3)18-12(16)15-7-9-5-6-10(8-15)11(9)14-17-4/h9-10H,5-8H2,1-4H3. The number of rotatable bonds is 1. The number of ether oxygens (including phenoxy) is 1. The molecule has 1 saturated heterocycles. The summed E-state index contributed by atoms with van der Waals surface area (Å²) >= 11 is 0. The number of carbonyl (C=O) groups is 1. The zero-order valence-corrected chi connectivity index (χ0v) is 11.6. The van der Waals surface area contributed by atoms with E-state index in [9.17, 15) is 4.79 Å². The summed E-state index contributed by atoms with van der Waals surface area (Å²) in [5.74, 6) is 0.687. The van der Waals surface area contributed by atoms with Crippen molar-refractivity contribution in [2.45, 2.75) is 39.2 Å². The Morgan fingerprint density at radius 1 is 1.28 bits per heavy atom. The Bertz CT molecular complexity index is 344. The smallest absolute Gasteiger partial charge is 0.410 e. The Labute approximate surface area is 108 Å². The lowest BCUT2D eigenvalue weighted by Crippen LogP contribution is -2.47. The second-order valence-electron chi connectivity index (χ2n) is 6.06. The molecule has 1 saturated carbocycles. The minimum absolute atomic E-state index is 0.212. The summed E-state index contributed by atoms with van der Waals surface area (Å²) in [4.78, 5) is 18.7. The van der Waals surface area contributed by atoms with Crippen molar-refractivity contribution < 1.29 is 14.4 Å². The third kappa shape index (κ3) is 2.76. The van der Waals surface area contributed by atoms with Crippen LogP contribution < -0.4 is 0 Å². The minimum Gasteiger partial charge on any atom is -0.444 e. The lowest BCUT2D eigenvalue weighted by molar-refractivity contribution is 0.0216. The number of fused-ring (bicyclic) bond motifs is 2. The predicted octanol–water partition coefficient (Wildman–Crippen LogP) is 2.27. The van der Waals surface area contributed by atoms with Crippen molar-refractivity contribution in [3.63, 3.8) is 0 Å². The summed E-state index contributed by atoms with van der Waals surface area (Å²) in [5, 5.41) is 4.11. The van der Waals surface area contributed by atoms with Gasteiger partial charge in [-0.1, -0.05) is 5.16 Å². The third-order valence-electron chi connectivity index (χ3n) is 3.43. The molecule has 0 radical (unpaired) electrons. The average Bonchev–Trinajstić information content (AvgIpc) is 2.49. The van der Waals surface area contributed by atoms with Crippen molar-refractivity contribution >= 4 is 11.8 Å². The normalized spacial score (nSPS) is 27.1. The highest BCUT2D eigenvalue weighted by Crippen LogP contribution is 2.35. The molecule has 1 aliphatic carbocycles. The molecule has 0 N–H and O–H groups in total. The topological polar surface area (TPSA) is 51.1 Å². The van der Waals surface area contributed by atoms with Crippen LogP contribution in [-0.4, -0.2) is 42.5 Å². The Morgan fingerprint density at radius 3 is 2.28 bits per heavy atom. The van der Waals surface area contributed by atoms with Crippen LogP contribution in [0.2, 0.25) is 0 Å². The Kier molecular flexibility index (Phi) is 3.50. The summed E-state index contributed by atoms with van der Waals surface area (Å²) < 4.78 is 5.41. The van der Waals surface area contributed by atoms with E-state index in [1.807, 2.05) is 25.7 Å². The van der Waals surface area contributed by atoms with Crippen molar-refractivity contribution in [1.82, 2.24) is 4.90 Å². The van der Waals surface area contributed by atoms with Gasteiger partial charge in [0.05, 0.1) is 5.71 Å². The molecule has 5 heteroatoms. The number of oxime groups is 1. The Morgan fingerprint density at radius 2 is 1.83 bits per heavy atom. The quantitative estimate of drug-likeness (QED) is 0.674. The number of carbonyl (C=O) groups excluding carboxylic acids is 1. The van der Waals surface area contributed by atoms with Crippen LogP contribution in [0.15, 0.2) is 5.16 Å². The van der Waals surface area contributed by atoms with Crippen molar-refractivity contribution in [3.05, 3.63) is 0 Å². The molecule has 0 aromatic rings. The van der Waals surface area contributed by atoms with Gasteiger partial charge in [0.15, 0.2) is 0 Å². The first-order valence-electron chi connectivity index (χ1n) is 6.49. The van der Waals surface area contributed by atoms with Gasteiger partial charge in [-0.25, -0.2) is 4.79 Å². The van der Waals surface area contributed by atoms with Crippen LogP contribution >= 0.6 is 0 Å². The van der Waals surface area contributed by atoms with Crippen LogP contribution in [0, 0.1) is 11.8 Å². The van der Waals surface area contributed by atoms with Gasteiger partial charge in [-0.15, -0.1) is 0 Å². The fourth-order valence-corrected chi connectivity index (χ4v) is 2.74. The molecule has 2 bridgehead atoms. The summed E-state index contributed by atoms with van der Waals surface area (Å²) in [5.41, 5.74) is 0.689. The summed E-state index contributed by atoms with van der Waals surface area (Å²) in [6.45, 7) is 7.07. The maximum atomic E-state index is 12.0. The van der Waals surface area contributed by atoms with Crippen LogP contribution in [0.5, 0.6) is 0 Å². The molecule has 2 fully saturated rings. The number of piperidine rings is 1. The summed E-state index contributed by atoms with van der Waals surface area (Å²) in [6.07, 6.45) is 1.97. The third-order valence-corrected chi connectivity index (χ3v) is 3.43. The molecule has 18 heavy (non-hydrogen) atoms. The van der Waals surface area contributed by atoms with E-state index in [0.29, 0.717) is 24.9 Å². The lowest BCUT2D eigenvalue weighted by atomic mass is 9.96. The zero-order valence-electron chi connectivity index (χ0n) is 11.6. The van der Waals surface area contributed by atoms with Crippen molar-refractivity contribution in [2.24, 2.45) is 17.0 Å². The van der Waals surface area contributed by atoms with E-state index in [1.165, 1.54) is 0 Å². The zero-order chi connectivity index (χ0) is 13.3. The number of hydrogen-bond donors (Lipinski definition) is 0. The minimum atomic E-state index is -0.434. The highest BCUT2D eigenvalue weighted by atomic mass is 16.6. The van der Waals surface area contributed by atoms with Crippen molar-refractivity contribution in [1.29, 1.82) is 0 Å². The van der Waals surface area contributed by atoms with Crippen LogP contribution in [0.1, 0.15) is 33.6 Å². The van der Waals surface area contributed by atoms with E-state index in [2.05, 4.69) is 5.16 Å². The van der Waals surface area contributed by atoms with Gasteiger partial charge in [0.1, 0.15) is 12.7 Å². The molecule has 102 valence electrons. The summed E-state index contributed by atoms with van der Waals surface area (Å²) in [6, 6.07) is 0. The van der Waals surface area contributed by atoms with Gasteiger partial charge in [-0.05, 0) is 33.6 Å². The second kappa shape index (κ2) is 4.78. The molecule has 2 unspecified atom stereocenters.